The minimum absolute atomic E-state index is 0.0415. The molecule has 130 valence electrons. The SMILES string of the molecule is O=C(C=Cc1cn(-c2ccccc2)nc1-c1cccnc1)c1ccccc1. The number of allylic oxidation sites excluding steroid dienone is 1. The summed E-state index contributed by atoms with van der Waals surface area (Å²) in [6.07, 6.45) is 8.82. The van der Waals surface area contributed by atoms with Crippen LogP contribution in [0.1, 0.15) is 15.9 Å². The molecule has 0 spiro atoms. The Labute approximate surface area is 157 Å². The van der Waals surface area contributed by atoms with Crippen molar-refractivity contribution in [2.45, 2.75) is 0 Å². The number of pyridine rings is 1. The normalized spacial score (nSPS) is 11.0. The highest BCUT2D eigenvalue weighted by Crippen LogP contribution is 2.24. The van der Waals surface area contributed by atoms with Gasteiger partial charge in [-0.25, -0.2) is 4.68 Å². The summed E-state index contributed by atoms with van der Waals surface area (Å²) < 4.78 is 1.81. The molecule has 0 aliphatic carbocycles. The van der Waals surface area contributed by atoms with Crippen molar-refractivity contribution in [1.82, 2.24) is 14.8 Å². The molecule has 0 aliphatic heterocycles. The number of nitrogens with zero attached hydrogens (tertiary/aromatic N) is 3. The fourth-order valence-electron chi connectivity index (χ4n) is 2.81. The number of hydrogen-bond acceptors (Lipinski definition) is 3. The van der Waals surface area contributed by atoms with Crippen LogP contribution in [-0.2, 0) is 0 Å². The lowest BCUT2D eigenvalue weighted by molar-refractivity contribution is 0.104. The number of benzene rings is 2. The van der Waals surface area contributed by atoms with Gasteiger partial charge >= 0.3 is 0 Å². The lowest BCUT2D eigenvalue weighted by atomic mass is 10.1. The molecule has 4 rings (SSSR count). The van der Waals surface area contributed by atoms with Crippen LogP contribution in [-0.4, -0.2) is 20.5 Å². The van der Waals surface area contributed by atoms with Crippen molar-refractivity contribution in [1.29, 1.82) is 0 Å². The first kappa shape index (κ1) is 16.7. The number of aromatic nitrogens is 3. The van der Waals surface area contributed by atoms with E-state index in [4.69, 9.17) is 5.10 Å². The Morgan fingerprint density at radius 1 is 0.889 bits per heavy atom. The van der Waals surface area contributed by atoms with E-state index in [0.717, 1.165) is 22.5 Å². The van der Waals surface area contributed by atoms with Crippen LogP contribution in [0.3, 0.4) is 0 Å². The van der Waals surface area contributed by atoms with Crippen LogP contribution >= 0.6 is 0 Å². The van der Waals surface area contributed by atoms with Gasteiger partial charge in [0.1, 0.15) is 5.69 Å². The Balaban J connectivity index is 1.73. The summed E-state index contributed by atoms with van der Waals surface area (Å²) in [6, 6.07) is 22.9. The van der Waals surface area contributed by atoms with E-state index in [1.807, 2.05) is 89.8 Å². The topological polar surface area (TPSA) is 47.8 Å². The van der Waals surface area contributed by atoms with Gasteiger partial charge in [0.15, 0.2) is 5.78 Å². The van der Waals surface area contributed by atoms with Gasteiger partial charge in [-0.15, -0.1) is 0 Å². The zero-order valence-electron chi connectivity index (χ0n) is 14.6. The van der Waals surface area contributed by atoms with E-state index >= 15 is 0 Å². The van der Waals surface area contributed by atoms with E-state index in [2.05, 4.69) is 4.98 Å². The van der Waals surface area contributed by atoms with E-state index in [1.165, 1.54) is 0 Å². The van der Waals surface area contributed by atoms with Gasteiger partial charge in [-0.05, 0) is 36.4 Å². The van der Waals surface area contributed by atoms with Gasteiger partial charge in [-0.2, -0.15) is 5.10 Å². The van der Waals surface area contributed by atoms with Crippen LogP contribution < -0.4 is 0 Å². The fraction of sp³-hybridized carbons (Fsp3) is 0. The van der Waals surface area contributed by atoms with E-state index in [1.54, 1.807) is 18.5 Å². The molecule has 2 heterocycles. The first-order valence-corrected chi connectivity index (χ1v) is 8.64. The third-order valence-electron chi connectivity index (χ3n) is 4.17. The molecule has 2 aromatic heterocycles. The number of hydrogen-bond donors (Lipinski definition) is 0. The third kappa shape index (κ3) is 3.75. The lowest BCUT2D eigenvalue weighted by Crippen LogP contribution is -1.94. The maximum absolute atomic E-state index is 12.4. The molecule has 0 saturated heterocycles. The highest BCUT2D eigenvalue weighted by atomic mass is 16.1. The molecule has 0 radical (unpaired) electrons. The van der Waals surface area contributed by atoms with Crippen molar-refractivity contribution in [3.05, 3.63) is 109 Å². The van der Waals surface area contributed by atoms with Crippen LogP contribution in [0.5, 0.6) is 0 Å². The van der Waals surface area contributed by atoms with Gasteiger partial charge in [0, 0.05) is 35.3 Å². The van der Waals surface area contributed by atoms with Crippen molar-refractivity contribution >= 4 is 11.9 Å². The number of carbonyl (C=O) groups excluding carboxylic acids is 1. The van der Waals surface area contributed by atoms with Gasteiger partial charge in [-0.3, -0.25) is 9.78 Å². The third-order valence-corrected chi connectivity index (χ3v) is 4.17. The van der Waals surface area contributed by atoms with E-state index in [-0.39, 0.29) is 5.78 Å². The molecular weight excluding hydrogens is 334 g/mol. The summed E-state index contributed by atoms with van der Waals surface area (Å²) in [7, 11) is 0. The summed E-state index contributed by atoms with van der Waals surface area (Å²) in [4.78, 5) is 16.6. The minimum atomic E-state index is -0.0415. The lowest BCUT2D eigenvalue weighted by Gasteiger charge is -1.99. The van der Waals surface area contributed by atoms with Crippen LogP contribution in [0, 0.1) is 0 Å². The quantitative estimate of drug-likeness (QED) is 0.382. The molecule has 0 unspecified atom stereocenters. The molecule has 4 nitrogen and oxygen atoms in total. The summed E-state index contributed by atoms with van der Waals surface area (Å²) in [5.74, 6) is -0.0415. The van der Waals surface area contributed by atoms with Crippen molar-refractivity contribution in [2.24, 2.45) is 0 Å². The molecule has 0 saturated carbocycles. The van der Waals surface area contributed by atoms with E-state index < -0.39 is 0 Å². The van der Waals surface area contributed by atoms with Crippen molar-refractivity contribution < 1.29 is 4.79 Å². The van der Waals surface area contributed by atoms with Gasteiger partial charge < -0.3 is 0 Å². The summed E-state index contributed by atoms with van der Waals surface area (Å²) in [5, 5.41) is 4.72. The number of ketones is 1. The predicted octanol–water partition coefficient (Wildman–Crippen LogP) is 4.83. The molecule has 4 heteroatoms. The van der Waals surface area contributed by atoms with Crippen LogP contribution in [0.15, 0.2) is 97.5 Å². The Morgan fingerprint density at radius 3 is 2.33 bits per heavy atom. The number of para-hydroxylation sites is 1. The first-order chi connectivity index (χ1) is 13.3. The van der Waals surface area contributed by atoms with Crippen LogP contribution in [0.25, 0.3) is 23.0 Å². The second kappa shape index (κ2) is 7.62. The van der Waals surface area contributed by atoms with Crippen LogP contribution in [0.4, 0.5) is 0 Å². The van der Waals surface area contributed by atoms with Gasteiger partial charge in [-0.1, -0.05) is 48.5 Å². The standard InChI is InChI=1S/C23H17N3O/c27-22(18-8-3-1-4-9-18)14-13-20-17-26(21-11-5-2-6-12-21)25-23(20)19-10-7-15-24-16-19/h1-17H. The first-order valence-electron chi connectivity index (χ1n) is 8.64. The second-order valence-electron chi connectivity index (χ2n) is 6.02. The molecule has 0 bridgehead atoms. The van der Waals surface area contributed by atoms with E-state index in [0.29, 0.717) is 5.56 Å². The molecule has 0 fully saturated rings. The maximum Gasteiger partial charge on any atom is 0.185 e. The Kier molecular flexibility index (Phi) is 4.70. The van der Waals surface area contributed by atoms with Crippen LogP contribution in [0.2, 0.25) is 0 Å². The van der Waals surface area contributed by atoms with Crippen molar-refractivity contribution in [3.8, 4) is 16.9 Å². The summed E-state index contributed by atoms with van der Waals surface area (Å²) in [6.45, 7) is 0. The monoisotopic (exact) mass is 351 g/mol. The molecular formula is C23H17N3O. The molecule has 0 N–H and O–H groups in total. The molecule has 2 aromatic carbocycles. The zero-order chi connectivity index (χ0) is 18.5. The summed E-state index contributed by atoms with van der Waals surface area (Å²) >= 11 is 0. The highest BCUT2D eigenvalue weighted by molar-refractivity contribution is 6.07. The Morgan fingerprint density at radius 2 is 1.63 bits per heavy atom. The van der Waals surface area contributed by atoms with Crippen molar-refractivity contribution in [2.75, 3.05) is 0 Å². The zero-order valence-corrected chi connectivity index (χ0v) is 14.6. The number of carbonyl (C=O) groups is 1. The highest BCUT2D eigenvalue weighted by Gasteiger charge is 2.11. The molecule has 0 atom stereocenters. The maximum atomic E-state index is 12.4. The number of rotatable bonds is 5. The molecule has 4 aromatic rings. The molecule has 0 aliphatic rings. The second-order valence-corrected chi connectivity index (χ2v) is 6.02. The molecule has 0 amide bonds. The largest absolute Gasteiger partial charge is 0.289 e. The fourth-order valence-corrected chi connectivity index (χ4v) is 2.81. The molecule has 27 heavy (non-hydrogen) atoms. The van der Waals surface area contributed by atoms with Crippen molar-refractivity contribution in [3.63, 3.8) is 0 Å². The smallest absolute Gasteiger partial charge is 0.185 e. The Bertz CT molecular complexity index is 1070. The Hall–Kier alpha value is -3.79. The summed E-state index contributed by atoms with van der Waals surface area (Å²) in [5.41, 5.74) is 4.16. The average Bonchev–Trinajstić information content (AvgIpc) is 3.18. The average molecular weight is 351 g/mol. The minimum Gasteiger partial charge on any atom is -0.289 e. The van der Waals surface area contributed by atoms with Gasteiger partial charge in [0.05, 0.1) is 5.69 Å². The van der Waals surface area contributed by atoms with Gasteiger partial charge in [0.2, 0.25) is 0 Å². The van der Waals surface area contributed by atoms with E-state index in [9.17, 15) is 4.79 Å². The predicted molar refractivity (Wildman–Crippen MR) is 107 cm³/mol. The van der Waals surface area contributed by atoms with Gasteiger partial charge in [0.25, 0.3) is 0 Å².